The number of carbonyl (C=O) groups is 2. The molecule has 0 aromatic heterocycles. The first-order valence-electron chi connectivity index (χ1n) is 5.94. The minimum absolute atomic E-state index is 0.139. The molecule has 0 fully saturated rings. The van der Waals surface area contributed by atoms with E-state index in [9.17, 15) is 9.59 Å². The lowest BCUT2D eigenvalue weighted by Gasteiger charge is -2.26. The van der Waals surface area contributed by atoms with Crippen molar-refractivity contribution in [1.82, 2.24) is 4.90 Å². The van der Waals surface area contributed by atoms with Gasteiger partial charge in [0.05, 0.1) is 13.1 Å². The fraction of sp³-hybridized carbons (Fsp3) is 0.385. The van der Waals surface area contributed by atoms with Crippen LogP contribution in [0.3, 0.4) is 0 Å². The Morgan fingerprint density at radius 1 is 1.26 bits per heavy atom. The van der Waals surface area contributed by atoms with Gasteiger partial charge in [0.1, 0.15) is 0 Å². The average Bonchev–Trinajstić information content (AvgIpc) is 2.72. The molecule has 0 amide bonds. The van der Waals surface area contributed by atoms with Gasteiger partial charge in [-0.25, -0.2) is 0 Å². The lowest BCUT2D eigenvalue weighted by molar-refractivity contribution is -0.142. The molecule has 2 rings (SSSR count). The van der Waals surface area contributed by atoms with Crippen LogP contribution in [-0.2, 0) is 16.0 Å². The van der Waals surface area contributed by atoms with Gasteiger partial charge in [0.25, 0.3) is 0 Å². The Morgan fingerprint density at radius 3 is 2.47 bits per heavy atom. The maximum absolute atomic E-state index is 10.9. The molecule has 0 bridgehead atoms. The van der Waals surface area contributed by atoms with Crippen molar-refractivity contribution < 1.29 is 19.8 Å². The molecular formula is C13H14BrNO4. The SMILES string of the molecule is O=C(O)CN(CC(=O)O)C1CCc2c(Br)cccc21. The third-order valence-corrected chi connectivity index (χ3v) is 4.04. The minimum Gasteiger partial charge on any atom is -0.480 e. The van der Waals surface area contributed by atoms with Crippen LogP contribution in [0.25, 0.3) is 0 Å². The molecule has 102 valence electrons. The summed E-state index contributed by atoms with van der Waals surface area (Å²) >= 11 is 3.47. The van der Waals surface area contributed by atoms with Crippen molar-refractivity contribution in [2.45, 2.75) is 18.9 Å². The van der Waals surface area contributed by atoms with E-state index in [0.717, 1.165) is 28.4 Å². The maximum Gasteiger partial charge on any atom is 0.317 e. The number of benzene rings is 1. The quantitative estimate of drug-likeness (QED) is 0.863. The Kier molecular flexibility index (Phi) is 4.21. The predicted molar refractivity (Wildman–Crippen MR) is 72.0 cm³/mol. The predicted octanol–water partition coefficient (Wildman–Crippen LogP) is 1.91. The Hall–Kier alpha value is -1.40. The largest absolute Gasteiger partial charge is 0.480 e. The molecule has 1 aliphatic carbocycles. The Morgan fingerprint density at radius 2 is 1.89 bits per heavy atom. The van der Waals surface area contributed by atoms with Crippen LogP contribution in [0.15, 0.2) is 22.7 Å². The summed E-state index contributed by atoms with van der Waals surface area (Å²) < 4.78 is 0.998. The molecule has 1 aromatic carbocycles. The van der Waals surface area contributed by atoms with Gasteiger partial charge in [-0.3, -0.25) is 14.5 Å². The second-order valence-electron chi connectivity index (χ2n) is 4.55. The van der Waals surface area contributed by atoms with Gasteiger partial charge in [0.15, 0.2) is 0 Å². The van der Waals surface area contributed by atoms with E-state index in [1.165, 1.54) is 4.90 Å². The van der Waals surface area contributed by atoms with Crippen molar-refractivity contribution >= 4 is 27.9 Å². The number of aliphatic carboxylic acids is 2. The van der Waals surface area contributed by atoms with E-state index in [1.54, 1.807) is 0 Å². The van der Waals surface area contributed by atoms with E-state index in [4.69, 9.17) is 10.2 Å². The van der Waals surface area contributed by atoms with Crippen LogP contribution in [0.4, 0.5) is 0 Å². The molecule has 0 saturated heterocycles. The van der Waals surface area contributed by atoms with Crippen LogP contribution in [0, 0.1) is 0 Å². The van der Waals surface area contributed by atoms with E-state index >= 15 is 0 Å². The normalized spacial score (nSPS) is 17.5. The molecule has 1 unspecified atom stereocenters. The highest BCUT2D eigenvalue weighted by atomic mass is 79.9. The van der Waals surface area contributed by atoms with Gasteiger partial charge in [0, 0.05) is 10.5 Å². The summed E-state index contributed by atoms with van der Waals surface area (Å²) in [6.07, 6.45) is 1.58. The summed E-state index contributed by atoms with van der Waals surface area (Å²) in [6, 6.07) is 5.63. The van der Waals surface area contributed by atoms with Crippen molar-refractivity contribution in [2.24, 2.45) is 0 Å². The van der Waals surface area contributed by atoms with Crippen LogP contribution >= 0.6 is 15.9 Å². The molecule has 1 aliphatic rings. The Labute approximate surface area is 119 Å². The summed E-state index contributed by atoms with van der Waals surface area (Å²) in [5.74, 6) is -2.02. The fourth-order valence-electron chi connectivity index (χ4n) is 2.59. The number of halogens is 1. The van der Waals surface area contributed by atoms with E-state index < -0.39 is 11.9 Å². The van der Waals surface area contributed by atoms with Gasteiger partial charge in [-0.2, -0.15) is 0 Å². The number of rotatable bonds is 5. The molecule has 6 heteroatoms. The maximum atomic E-state index is 10.9. The van der Waals surface area contributed by atoms with Crippen LogP contribution in [0.1, 0.15) is 23.6 Å². The van der Waals surface area contributed by atoms with E-state index in [2.05, 4.69) is 15.9 Å². The van der Waals surface area contributed by atoms with Gasteiger partial charge in [-0.15, -0.1) is 0 Å². The van der Waals surface area contributed by atoms with Crippen LogP contribution in [-0.4, -0.2) is 40.1 Å². The summed E-state index contributed by atoms with van der Waals surface area (Å²) in [5.41, 5.74) is 2.17. The molecule has 1 atom stereocenters. The number of hydrogen-bond donors (Lipinski definition) is 2. The zero-order valence-electron chi connectivity index (χ0n) is 10.2. The van der Waals surface area contributed by atoms with Gasteiger partial charge in [-0.05, 0) is 30.0 Å². The van der Waals surface area contributed by atoms with Crippen molar-refractivity contribution in [2.75, 3.05) is 13.1 Å². The third kappa shape index (κ3) is 3.13. The molecule has 0 radical (unpaired) electrons. The molecule has 0 aliphatic heterocycles. The zero-order valence-corrected chi connectivity index (χ0v) is 11.8. The summed E-state index contributed by atoms with van der Waals surface area (Å²) in [6.45, 7) is -0.522. The van der Waals surface area contributed by atoms with E-state index in [1.807, 2.05) is 18.2 Å². The van der Waals surface area contributed by atoms with Crippen LogP contribution < -0.4 is 0 Å². The Bertz CT molecular complexity index is 501. The van der Waals surface area contributed by atoms with Crippen molar-refractivity contribution in [3.63, 3.8) is 0 Å². The molecular weight excluding hydrogens is 314 g/mol. The topological polar surface area (TPSA) is 77.8 Å². The molecule has 5 nitrogen and oxygen atoms in total. The first-order chi connectivity index (χ1) is 8.99. The monoisotopic (exact) mass is 327 g/mol. The number of fused-ring (bicyclic) bond motifs is 1. The number of hydrogen-bond acceptors (Lipinski definition) is 3. The lowest BCUT2D eigenvalue weighted by Crippen LogP contribution is -2.36. The smallest absolute Gasteiger partial charge is 0.317 e. The Balaban J connectivity index is 2.27. The average molecular weight is 328 g/mol. The van der Waals surface area contributed by atoms with Gasteiger partial charge < -0.3 is 10.2 Å². The first kappa shape index (κ1) is 14.0. The third-order valence-electron chi connectivity index (χ3n) is 3.30. The lowest BCUT2D eigenvalue weighted by atomic mass is 10.1. The van der Waals surface area contributed by atoms with Crippen LogP contribution in [0.5, 0.6) is 0 Å². The standard InChI is InChI=1S/C13H14BrNO4/c14-10-3-1-2-9-8(10)4-5-11(9)15(6-12(16)17)7-13(18)19/h1-3,11H,4-7H2,(H,16,17)(H,18,19). The molecule has 1 aromatic rings. The zero-order chi connectivity index (χ0) is 14.0. The van der Waals surface area contributed by atoms with Gasteiger partial charge in [0.2, 0.25) is 0 Å². The molecule has 2 N–H and O–H groups in total. The first-order valence-corrected chi connectivity index (χ1v) is 6.73. The van der Waals surface area contributed by atoms with Crippen molar-refractivity contribution in [3.8, 4) is 0 Å². The summed E-state index contributed by atoms with van der Waals surface area (Å²) in [4.78, 5) is 23.3. The number of carboxylic acid groups (broad SMARTS) is 2. The second-order valence-corrected chi connectivity index (χ2v) is 5.41. The molecule has 0 spiro atoms. The van der Waals surface area contributed by atoms with Crippen LogP contribution in [0.2, 0.25) is 0 Å². The van der Waals surface area contributed by atoms with E-state index in [0.29, 0.717) is 0 Å². The minimum atomic E-state index is -1.01. The molecule has 0 heterocycles. The van der Waals surface area contributed by atoms with Gasteiger partial charge in [-0.1, -0.05) is 28.1 Å². The number of carboxylic acids is 2. The molecule has 0 saturated carbocycles. The van der Waals surface area contributed by atoms with Crippen molar-refractivity contribution in [3.05, 3.63) is 33.8 Å². The van der Waals surface area contributed by atoms with E-state index in [-0.39, 0.29) is 19.1 Å². The van der Waals surface area contributed by atoms with Gasteiger partial charge >= 0.3 is 11.9 Å². The summed E-state index contributed by atoms with van der Waals surface area (Å²) in [5, 5.41) is 17.8. The fourth-order valence-corrected chi connectivity index (χ4v) is 3.17. The highest BCUT2D eigenvalue weighted by Gasteiger charge is 2.31. The second kappa shape index (κ2) is 5.71. The van der Waals surface area contributed by atoms with Crippen molar-refractivity contribution in [1.29, 1.82) is 0 Å². The molecule has 19 heavy (non-hydrogen) atoms. The highest BCUT2D eigenvalue weighted by molar-refractivity contribution is 9.10. The summed E-state index contributed by atoms with van der Waals surface area (Å²) in [7, 11) is 0. The number of nitrogens with zero attached hydrogens (tertiary/aromatic N) is 1. The highest BCUT2D eigenvalue weighted by Crippen LogP contribution is 2.38.